The first kappa shape index (κ1) is 18.5. The zero-order valence-electron chi connectivity index (χ0n) is 16.4. The second-order valence-corrected chi connectivity index (χ2v) is 7.49. The van der Waals surface area contributed by atoms with Gasteiger partial charge in [-0.2, -0.15) is 19.6 Å². The smallest absolute Gasteiger partial charge is 0.229 e. The lowest BCUT2D eigenvalue weighted by molar-refractivity contribution is 0.0903. The van der Waals surface area contributed by atoms with Crippen LogP contribution in [0.3, 0.4) is 0 Å². The summed E-state index contributed by atoms with van der Waals surface area (Å²) in [6.07, 6.45) is 3.78. The third-order valence-electron chi connectivity index (χ3n) is 4.97. The van der Waals surface area contributed by atoms with E-state index in [1.807, 2.05) is 30.5 Å². The number of nitrogens with zero attached hydrogens (tertiary/aromatic N) is 4. The van der Waals surface area contributed by atoms with Gasteiger partial charge in [0.1, 0.15) is 0 Å². The highest BCUT2D eigenvalue weighted by Crippen LogP contribution is 2.23. The van der Waals surface area contributed by atoms with Crippen LogP contribution in [0.2, 0.25) is 0 Å². The number of benzene rings is 1. The number of rotatable bonds is 6. The minimum atomic E-state index is 0.323. The molecule has 0 spiro atoms. The van der Waals surface area contributed by atoms with Gasteiger partial charge in [-0.1, -0.05) is 26.0 Å². The zero-order chi connectivity index (χ0) is 19.5. The van der Waals surface area contributed by atoms with E-state index in [9.17, 15) is 0 Å². The summed E-state index contributed by atoms with van der Waals surface area (Å²) >= 11 is 0. The van der Waals surface area contributed by atoms with E-state index in [0.29, 0.717) is 30.4 Å². The summed E-state index contributed by atoms with van der Waals surface area (Å²) in [4.78, 5) is 9.46. The number of anilines is 3. The Morgan fingerprint density at radius 2 is 2.07 bits per heavy atom. The lowest BCUT2D eigenvalue weighted by Crippen LogP contribution is -2.29. The molecule has 0 radical (unpaired) electrons. The number of hydrogen-bond acceptors (Lipinski definition) is 7. The summed E-state index contributed by atoms with van der Waals surface area (Å²) in [6, 6.07) is 8.14. The van der Waals surface area contributed by atoms with Crippen LogP contribution in [0.1, 0.15) is 43.7 Å². The molecule has 4 rings (SSSR count). The van der Waals surface area contributed by atoms with E-state index in [4.69, 9.17) is 20.4 Å². The number of nitrogens with two attached hydrogens (primary N) is 1. The lowest BCUT2D eigenvalue weighted by Gasteiger charge is -2.23. The van der Waals surface area contributed by atoms with Crippen molar-refractivity contribution in [3.63, 3.8) is 0 Å². The number of aromatic nitrogens is 4. The van der Waals surface area contributed by atoms with E-state index >= 15 is 0 Å². The van der Waals surface area contributed by atoms with Crippen molar-refractivity contribution in [2.24, 2.45) is 0 Å². The van der Waals surface area contributed by atoms with Crippen LogP contribution < -0.4 is 16.4 Å². The predicted octanol–water partition coefficient (Wildman–Crippen LogP) is 3.03. The Balaban J connectivity index is 1.64. The molecule has 1 aliphatic rings. The molecule has 0 bridgehead atoms. The van der Waals surface area contributed by atoms with Crippen molar-refractivity contribution in [1.82, 2.24) is 19.6 Å². The number of nitrogens with one attached hydrogen (secondary N) is 2. The third kappa shape index (κ3) is 4.01. The van der Waals surface area contributed by atoms with E-state index in [2.05, 4.69) is 29.6 Å². The number of nitrogen functional groups attached to an aromatic ring is 1. The maximum absolute atomic E-state index is 5.89. The second kappa shape index (κ2) is 8.02. The number of fused-ring (bicyclic) bond motifs is 1. The molecule has 4 N–H and O–H groups in total. The molecule has 1 aromatic carbocycles. The molecule has 0 saturated carbocycles. The van der Waals surface area contributed by atoms with Gasteiger partial charge in [0.05, 0.1) is 6.20 Å². The van der Waals surface area contributed by atoms with Crippen molar-refractivity contribution in [3.8, 4) is 0 Å². The van der Waals surface area contributed by atoms with Crippen LogP contribution in [0, 0.1) is 0 Å². The van der Waals surface area contributed by atoms with Crippen LogP contribution in [0.4, 0.5) is 17.6 Å². The summed E-state index contributed by atoms with van der Waals surface area (Å²) in [5.41, 5.74) is 9.65. The Morgan fingerprint density at radius 3 is 2.82 bits per heavy atom. The van der Waals surface area contributed by atoms with Crippen molar-refractivity contribution in [2.45, 2.75) is 45.2 Å². The maximum atomic E-state index is 5.89. The summed E-state index contributed by atoms with van der Waals surface area (Å²) in [6.45, 7) is 6.43. The van der Waals surface area contributed by atoms with Crippen molar-refractivity contribution in [3.05, 3.63) is 41.6 Å². The molecule has 0 atom stereocenters. The van der Waals surface area contributed by atoms with Crippen LogP contribution in [-0.4, -0.2) is 38.8 Å². The minimum Gasteiger partial charge on any atom is -0.399 e. The monoisotopic (exact) mass is 381 g/mol. The molecule has 8 heteroatoms. The van der Waals surface area contributed by atoms with Gasteiger partial charge in [-0.25, -0.2) is 0 Å². The largest absolute Gasteiger partial charge is 0.399 e. The van der Waals surface area contributed by atoms with Crippen LogP contribution in [0.5, 0.6) is 0 Å². The average Bonchev–Trinajstić information content (AvgIpc) is 3.11. The Labute approximate surface area is 164 Å². The fourth-order valence-corrected chi connectivity index (χ4v) is 3.39. The molecule has 148 valence electrons. The lowest BCUT2D eigenvalue weighted by atomic mass is 10.1. The van der Waals surface area contributed by atoms with Crippen LogP contribution in [-0.2, 0) is 11.3 Å². The minimum absolute atomic E-state index is 0.323. The molecule has 3 aromatic rings. The van der Waals surface area contributed by atoms with E-state index in [1.165, 1.54) is 0 Å². The van der Waals surface area contributed by atoms with Gasteiger partial charge in [-0.15, -0.1) is 0 Å². The number of hydrogen-bond donors (Lipinski definition) is 3. The molecule has 8 nitrogen and oxygen atoms in total. The van der Waals surface area contributed by atoms with E-state index < -0.39 is 0 Å². The normalized spacial score (nSPS) is 15.2. The molecule has 0 unspecified atom stereocenters. The van der Waals surface area contributed by atoms with Crippen molar-refractivity contribution in [1.29, 1.82) is 0 Å². The Morgan fingerprint density at radius 1 is 1.25 bits per heavy atom. The maximum Gasteiger partial charge on any atom is 0.229 e. The topological polar surface area (TPSA) is 102 Å². The summed E-state index contributed by atoms with van der Waals surface area (Å²) in [5, 5.41) is 11.4. The molecule has 1 saturated heterocycles. The summed E-state index contributed by atoms with van der Waals surface area (Å²) in [5.74, 6) is 1.61. The van der Waals surface area contributed by atoms with Crippen LogP contribution in [0.15, 0.2) is 30.5 Å². The van der Waals surface area contributed by atoms with Gasteiger partial charge in [0.25, 0.3) is 0 Å². The van der Waals surface area contributed by atoms with Crippen LogP contribution in [0.25, 0.3) is 5.65 Å². The first-order valence-electron chi connectivity index (χ1n) is 9.78. The van der Waals surface area contributed by atoms with E-state index in [1.54, 1.807) is 4.52 Å². The Hall–Kier alpha value is -2.87. The van der Waals surface area contributed by atoms with Gasteiger partial charge >= 0.3 is 0 Å². The Kier molecular flexibility index (Phi) is 5.29. The third-order valence-corrected chi connectivity index (χ3v) is 4.97. The van der Waals surface area contributed by atoms with E-state index in [0.717, 1.165) is 48.5 Å². The zero-order valence-corrected chi connectivity index (χ0v) is 16.4. The molecular formula is C20H27N7O. The van der Waals surface area contributed by atoms with Gasteiger partial charge in [0.15, 0.2) is 5.65 Å². The predicted molar refractivity (Wildman–Crippen MR) is 111 cm³/mol. The van der Waals surface area contributed by atoms with Crippen molar-refractivity contribution < 1.29 is 4.74 Å². The van der Waals surface area contributed by atoms with Gasteiger partial charge < -0.3 is 21.1 Å². The quantitative estimate of drug-likeness (QED) is 0.564. The second-order valence-electron chi connectivity index (χ2n) is 7.49. The highest BCUT2D eigenvalue weighted by Gasteiger charge is 2.18. The molecule has 1 aliphatic heterocycles. The summed E-state index contributed by atoms with van der Waals surface area (Å²) in [7, 11) is 0. The molecule has 0 aliphatic carbocycles. The fourth-order valence-electron chi connectivity index (χ4n) is 3.39. The highest BCUT2D eigenvalue weighted by atomic mass is 16.5. The number of ether oxygens (including phenoxy) is 1. The standard InChI is InChI=1S/C20H27N7O/c1-13(2)17-12-23-27-18(17)25-19(24-16-6-8-28-9-7-16)26-20(27)22-11-14-4-3-5-15(21)10-14/h3-5,10,12-13,16H,6-9,11,21H2,1-2H3,(H2,22,24,25,26). The molecule has 3 heterocycles. The Bertz CT molecular complexity index is 947. The van der Waals surface area contributed by atoms with E-state index in [-0.39, 0.29) is 0 Å². The first-order valence-corrected chi connectivity index (χ1v) is 9.78. The van der Waals surface area contributed by atoms with Gasteiger partial charge in [-0.05, 0) is 36.5 Å². The average molecular weight is 381 g/mol. The first-order chi connectivity index (χ1) is 13.6. The van der Waals surface area contributed by atoms with Crippen LogP contribution >= 0.6 is 0 Å². The molecule has 2 aromatic heterocycles. The molecule has 28 heavy (non-hydrogen) atoms. The fraction of sp³-hybridized carbons (Fsp3) is 0.450. The molecular weight excluding hydrogens is 354 g/mol. The molecule has 0 amide bonds. The van der Waals surface area contributed by atoms with Gasteiger partial charge in [0.2, 0.25) is 11.9 Å². The SMILES string of the molecule is CC(C)c1cnn2c(NCc3cccc(N)c3)nc(NC3CCOCC3)nc12. The van der Waals surface area contributed by atoms with Gasteiger partial charge in [0, 0.05) is 37.1 Å². The van der Waals surface area contributed by atoms with Gasteiger partial charge in [-0.3, -0.25) is 0 Å². The summed E-state index contributed by atoms with van der Waals surface area (Å²) < 4.78 is 7.22. The van der Waals surface area contributed by atoms with Crippen molar-refractivity contribution in [2.75, 3.05) is 29.6 Å². The van der Waals surface area contributed by atoms with Crippen molar-refractivity contribution >= 4 is 23.2 Å². The molecule has 1 fully saturated rings. The highest BCUT2D eigenvalue weighted by molar-refractivity contribution is 5.56.